The highest BCUT2D eigenvalue weighted by molar-refractivity contribution is 5.84. The molecular formula is C13H16N2O3. The van der Waals surface area contributed by atoms with Crippen LogP contribution in [0.4, 0.5) is 0 Å². The zero-order valence-corrected chi connectivity index (χ0v) is 9.95. The van der Waals surface area contributed by atoms with Gasteiger partial charge in [-0.1, -0.05) is 35.5 Å². The molecule has 1 fully saturated rings. The SMILES string of the molecule is O=C1NCC(O)C1CC=NOCc1ccccc1. The Hall–Kier alpha value is -1.88. The van der Waals surface area contributed by atoms with Crippen LogP contribution in [0.3, 0.4) is 0 Å². The summed E-state index contributed by atoms with van der Waals surface area (Å²) >= 11 is 0. The number of carbonyl (C=O) groups excluding carboxylic acids is 1. The summed E-state index contributed by atoms with van der Waals surface area (Å²) in [5, 5.41) is 15.9. The van der Waals surface area contributed by atoms with Gasteiger partial charge in [0.05, 0.1) is 12.0 Å². The van der Waals surface area contributed by atoms with E-state index in [0.717, 1.165) is 5.56 Å². The Balaban J connectivity index is 1.71. The molecule has 0 saturated carbocycles. The van der Waals surface area contributed by atoms with Crippen molar-refractivity contribution in [1.82, 2.24) is 5.32 Å². The quantitative estimate of drug-likeness (QED) is 0.595. The summed E-state index contributed by atoms with van der Waals surface area (Å²) in [5.41, 5.74) is 1.04. The van der Waals surface area contributed by atoms with Crippen LogP contribution in [0.1, 0.15) is 12.0 Å². The second-order valence-corrected chi connectivity index (χ2v) is 4.20. The van der Waals surface area contributed by atoms with Crippen molar-refractivity contribution in [3.05, 3.63) is 35.9 Å². The van der Waals surface area contributed by atoms with E-state index < -0.39 is 12.0 Å². The fourth-order valence-electron chi connectivity index (χ4n) is 1.81. The smallest absolute Gasteiger partial charge is 0.226 e. The van der Waals surface area contributed by atoms with Crippen molar-refractivity contribution in [1.29, 1.82) is 0 Å². The van der Waals surface area contributed by atoms with E-state index in [1.165, 1.54) is 6.21 Å². The first-order chi connectivity index (χ1) is 8.77. The molecule has 1 aliphatic heterocycles. The van der Waals surface area contributed by atoms with Gasteiger partial charge < -0.3 is 15.3 Å². The zero-order chi connectivity index (χ0) is 12.8. The summed E-state index contributed by atoms with van der Waals surface area (Å²) in [6, 6.07) is 9.70. The maximum absolute atomic E-state index is 11.3. The lowest BCUT2D eigenvalue weighted by molar-refractivity contribution is -0.123. The number of aliphatic hydroxyl groups is 1. The number of hydrogen-bond donors (Lipinski definition) is 2. The number of amides is 1. The number of hydrogen-bond acceptors (Lipinski definition) is 4. The first kappa shape index (κ1) is 12.6. The van der Waals surface area contributed by atoms with Crippen LogP contribution in [0.5, 0.6) is 0 Å². The summed E-state index contributed by atoms with van der Waals surface area (Å²) in [5.74, 6) is -0.536. The number of nitrogens with zero attached hydrogens (tertiary/aromatic N) is 1. The van der Waals surface area contributed by atoms with Gasteiger partial charge in [-0.25, -0.2) is 0 Å². The van der Waals surface area contributed by atoms with Crippen molar-refractivity contribution in [3.8, 4) is 0 Å². The molecule has 1 aromatic rings. The molecule has 18 heavy (non-hydrogen) atoms. The molecule has 0 aromatic heterocycles. The monoisotopic (exact) mass is 248 g/mol. The predicted molar refractivity (Wildman–Crippen MR) is 66.8 cm³/mol. The number of oxime groups is 1. The molecule has 1 aromatic carbocycles. The third-order valence-electron chi connectivity index (χ3n) is 2.87. The van der Waals surface area contributed by atoms with E-state index in [-0.39, 0.29) is 5.91 Å². The van der Waals surface area contributed by atoms with Crippen LogP contribution >= 0.6 is 0 Å². The number of aliphatic hydroxyl groups excluding tert-OH is 1. The normalized spacial score (nSPS) is 23.3. The Morgan fingerprint density at radius 3 is 2.89 bits per heavy atom. The zero-order valence-electron chi connectivity index (χ0n) is 9.95. The van der Waals surface area contributed by atoms with Crippen LogP contribution < -0.4 is 5.32 Å². The first-order valence-corrected chi connectivity index (χ1v) is 5.91. The highest BCUT2D eigenvalue weighted by Gasteiger charge is 2.32. The van der Waals surface area contributed by atoms with Crippen LogP contribution in [0, 0.1) is 5.92 Å². The predicted octanol–water partition coefficient (Wildman–Crippen LogP) is 0.686. The van der Waals surface area contributed by atoms with E-state index in [0.29, 0.717) is 19.6 Å². The third-order valence-corrected chi connectivity index (χ3v) is 2.87. The molecule has 1 amide bonds. The van der Waals surface area contributed by atoms with Crippen LogP contribution in [-0.2, 0) is 16.2 Å². The van der Waals surface area contributed by atoms with E-state index >= 15 is 0 Å². The minimum Gasteiger partial charge on any atom is -0.391 e. The molecule has 1 heterocycles. The van der Waals surface area contributed by atoms with Gasteiger partial charge in [-0.3, -0.25) is 4.79 Å². The Morgan fingerprint density at radius 1 is 1.44 bits per heavy atom. The fourth-order valence-corrected chi connectivity index (χ4v) is 1.81. The number of carbonyl (C=O) groups is 1. The molecule has 2 N–H and O–H groups in total. The summed E-state index contributed by atoms with van der Waals surface area (Å²) < 4.78 is 0. The van der Waals surface area contributed by atoms with Gasteiger partial charge in [0.25, 0.3) is 0 Å². The maximum Gasteiger partial charge on any atom is 0.226 e. The van der Waals surface area contributed by atoms with Gasteiger partial charge in [-0.15, -0.1) is 0 Å². The molecule has 5 nitrogen and oxygen atoms in total. The van der Waals surface area contributed by atoms with Gasteiger partial charge in [-0.05, 0) is 5.56 Å². The molecule has 1 aliphatic rings. The van der Waals surface area contributed by atoms with Gasteiger partial charge in [0, 0.05) is 19.2 Å². The fraction of sp³-hybridized carbons (Fsp3) is 0.385. The average molecular weight is 248 g/mol. The second kappa shape index (κ2) is 6.16. The molecule has 96 valence electrons. The molecule has 0 aliphatic carbocycles. The first-order valence-electron chi connectivity index (χ1n) is 5.91. The Labute approximate surface area is 105 Å². The molecular weight excluding hydrogens is 232 g/mol. The largest absolute Gasteiger partial charge is 0.391 e. The summed E-state index contributed by atoms with van der Waals surface area (Å²) in [7, 11) is 0. The highest BCUT2D eigenvalue weighted by Crippen LogP contribution is 2.13. The molecule has 0 bridgehead atoms. The minimum atomic E-state index is -0.627. The van der Waals surface area contributed by atoms with E-state index in [9.17, 15) is 9.90 Å². The molecule has 2 atom stereocenters. The summed E-state index contributed by atoms with van der Waals surface area (Å²) in [6.45, 7) is 0.721. The lowest BCUT2D eigenvalue weighted by Crippen LogP contribution is -2.21. The standard InChI is InChI=1S/C13H16N2O3/c16-12-8-14-13(17)11(12)6-7-15-18-9-10-4-2-1-3-5-10/h1-5,7,11-12,16H,6,8-9H2,(H,14,17). The Bertz CT molecular complexity index is 420. The lowest BCUT2D eigenvalue weighted by atomic mass is 10.0. The highest BCUT2D eigenvalue weighted by atomic mass is 16.6. The van der Waals surface area contributed by atoms with Gasteiger partial charge in [-0.2, -0.15) is 0 Å². The molecule has 0 radical (unpaired) electrons. The van der Waals surface area contributed by atoms with Crippen LogP contribution in [0.25, 0.3) is 0 Å². The summed E-state index contributed by atoms with van der Waals surface area (Å²) in [6.07, 6.45) is 1.29. The lowest BCUT2D eigenvalue weighted by Gasteiger charge is -2.06. The third kappa shape index (κ3) is 3.30. The van der Waals surface area contributed by atoms with E-state index in [1.54, 1.807) is 0 Å². The van der Waals surface area contributed by atoms with Crippen LogP contribution in [0.2, 0.25) is 0 Å². The molecule has 2 rings (SSSR count). The van der Waals surface area contributed by atoms with E-state index in [2.05, 4.69) is 10.5 Å². The van der Waals surface area contributed by atoms with Gasteiger partial charge in [0.15, 0.2) is 0 Å². The van der Waals surface area contributed by atoms with E-state index in [1.807, 2.05) is 30.3 Å². The van der Waals surface area contributed by atoms with Crippen LogP contribution in [-0.4, -0.2) is 29.9 Å². The Kier molecular flexibility index (Phi) is 4.30. The van der Waals surface area contributed by atoms with Crippen molar-refractivity contribution in [3.63, 3.8) is 0 Å². The number of β-amino-alcohol motifs (C(OH)–C–C–N with tert-alkyl or cyclic N) is 1. The second-order valence-electron chi connectivity index (χ2n) is 4.20. The van der Waals surface area contributed by atoms with Gasteiger partial charge >= 0.3 is 0 Å². The van der Waals surface area contributed by atoms with E-state index in [4.69, 9.17) is 4.84 Å². The van der Waals surface area contributed by atoms with Gasteiger partial charge in [0.1, 0.15) is 6.61 Å². The maximum atomic E-state index is 11.3. The molecule has 1 saturated heterocycles. The number of rotatable bonds is 5. The molecule has 2 unspecified atom stereocenters. The van der Waals surface area contributed by atoms with Crippen molar-refractivity contribution >= 4 is 12.1 Å². The average Bonchev–Trinajstić information content (AvgIpc) is 2.71. The Morgan fingerprint density at radius 2 is 2.22 bits per heavy atom. The summed E-state index contributed by atoms with van der Waals surface area (Å²) in [4.78, 5) is 16.4. The van der Waals surface area contributed by atoms with Crippen molar-refractivity contribution < 1.29 is 14.7 Å². The van der Waals surface area contributed by atoms with Crippen molar-refractivity contribution in [2.24, 2.45) is 11.1 Å². The van der Waals surface area contributed by atoms with Crippen molar-refractivity contribution in [2.45, 2.75) is 19.1 Å². The minimum absolute atomic E-state index is 0.128. The van der Waals surface area contributed by atoms with Gasteiger partial charge in [0.2, 0.25) is 5.91 Å². The van der Waals surface area contributed by atoms with Crippen molar-refractivity contribution in [2.75, 3.05) is 6.54 Å². The molecule has 5 heteroatoms. The topological polar surface area (TPSA) is 70.9 Å². The van der Waals surface area contributed by atoms with Crippen LogP contribution in [0.15, 0.2) is 35.5 Å². The number of benzene rings is 1. The number of nitrogens with one attached hydrogen (secondary N) is 1. The molecule has 0 spiro atoms.